The van der Waals surface area contributed by atoms with Crippen LogP contribution in [0.2, 0.25) is 0 Å². The van der Waals surface area contributed by atoms with E-state index in [0.29, 0.717) is 10.0 Å². The normalized spacial score (nSPS) is 13.3. The predicted octanol–water partition coefficient (Wildman–Crippen LogP) is 1.11. The van der Waals surface area contributed by atoms with E-state index in [0.717, 1.165) is 6.07 Å². The molecule has 0 saturated heterocycles. The topological polar surface area (TPSA) is 104 Å². The zero-order valence-corrected chi connectivity index (χ0v) is 12.7. The zero-order valence-electron chi connectivity index (χ0n) is 10.3. The summed E-state index contributed by atoms with van der Waals surface area (Å²) in [5.74, 6) is -1.22. The summed E-state index contributed by atoms with van der Waals surface area (Å²) in [7, 11) is -3.88. The number of hydrogen-bond donors (Lipinski definition) is 3. The highest BCUT2D eigenvalue weighted by Gasteiger charge is 2.22. The van der Waals surface area contributed by atoms with Gasteiger partial charge in [0.25, 0.3) is 0 Å². The number of rotatable bonds is 5. The van der Waals surface area contributed by atoms with Crippen LogP contribution in [-0.4, -0.2) is 37.2 Å². The predicted molar refractivity (Wildman–Crippen MR) is 72.7 cm³/mol. The maximum atomic E-state index is 12.1. The third kappa shape index (κ3) is 3.75. The first kappa shape index (κ1) is 16.1. The number of benzene rings is 1. The highest BCUT2D eigenvalue weighted by molar-refractivity contribution is 9.10. The molecule has 1 aromatic carbocycles. The molecule has 0 fully saturated rings. The van der Waals surface area contributed by atoms with Gasteiger partial charge in [-0.1, -0.05) is 15.9 Å². The fourth-order valence-electron chi connectivity index (χ4n) is 1.42. The van der Waals surface area contributed by atoms with Gasteiger partial charge in [0.05, 0.1) is 17.1 Å². The number of aliphatic hydroxyl groups is 1. The Morgan fingerprint density at radius 1 is 1.47 bits per heavy atom. The van der Waals surface area contributed by atoms with Gasteiger partial charge in [0.2, 0.25) is 10.0 Å². The molecule has 1 rings (SSSR count). The quantitative estimate of drug-likeness (QED) is 0.737. The van der Waals surface area contributed by atoms with Crippen LogP contribution in [0.4, 0.5) is 0 Å². The maximum absolute atomic E-state index is 12.1. The summed E-state index contributed by atoms with van der Waals surface area (Å²) in [6.45, 7) is 2.72. The van der Waals surface area contributed by atoms with Crippen LogP contribution in [0.5, 0.6) is 0 Å². The Hall–Kier alpha value is -0.960. The number of aromatic carboxylic acids is 1. The third-order valence-corrected chi connectivity index (χ3v) is 5.00. The lowest BCUT2D eigenvalue weighted by molar-refractivity contribution is 0.0696. The Bertz CT molecular complexity index is 599. The first-order valence-corrected chi connectivity index (χ1v) is 7.63. The second kappa shape index (κ2) is 6.00. The monoisotopic (exact) mass is 351 g/mol. The molecular weight excluding hydrogens is 338 g/mol. The Morgan fingerprint density at radius 3 is 2.53 bits per heavy atom. The van der Waals surface area contributed by atoms with Crippen LogP contribution in [-0.2, 0) is 10.0 Å². The molecule has 0 amide bonds. The number of aliphatic hydroxyl groups excluding tert-OH is 1. The minimum absolute atomic E-state index is 0.125. The van der Waals surface area contributed by atoms with Crippen molar-refractivity contribution >= 4 is 31.9 Å². The minimum Gasteiger partial charge on any atom is -0.478 e. The van der Waals surface area contributed by atoms with Crippen molar-refractivity contribution in [2.75, 3.05) is 6.61 Å². The summed E-state index contributed by atoms with van der Waals surface area (Å²) in [6, 6.07) is 1.78. The van der Waals surface area contributed by atoms with Gasteiger partial charge in [-0.15, -0.1) is 0 Å². The number of carboxylic acid groups (broad SMARTS) is 1. The van der Waals surface area contributed by atoms with E-state index in [9.17, 15) is 13.2 Å². The zero-order chi connectivity index (χ0) is 14.8. The standard InChI is InChI=1S/C11H14BrNO5S/c1-6(5-14)13-19(17,18)10-4-8(11(15)16)3-9(12)7(10)2/h3-4,6,13-14H,5H2,1-2H3,(H,15,16). The minimum atomic E-state index is -3.88. The van der Waals surface area contributed by atoms with Gasteiger partial charge in [0, 0.05) is 10.5 Å². The van der Waals surface area contributed by atoms with E-state index < -0.39 is 22.0 Å². The molecule has 0 radical (unpaired) electrons. The molecule has 0 saturated carbocycles. The number of hydrogen-bond acceptors (Lipinski definition) is 4. The summed E-state index contributed by atoms with van der Waals surface area (Å²) < 4.78 is 26.9. The molecular formula is C11H14BrNO5S. The Kier molecular flexibility index (Phi) is 5.08. The Morgan fingerprint density at radius 2 is 2.05 bits per heavy atom. The van der Waals surface area contributed by atoms with Crippen LogP contribution in [0.15, 0.2) is 21.5 Å². The molecule has 0 aliphatic carbocycles. The lowest BCUT2D eigenvalue weighted by Crippen LogP contribution is -2.35. The van der Waals surface area contributed by atoms with Crippen molar-refractivity contribution in [1.29, 1.82) is 0 Å². The van der Waals surface area contributed by atoms with Crippen molar-refractivity contribution in [2.24, 2.45) is 0 Å². The molecule has 0 heterocycles. The Balaban J connectivity index is 3.37. The van der Waals surface area contributed by atoms with Crippen LogP contribution in [0.3, 0.4) is 0 Å². The molecule has 3 N–H and O–H groups in total. The van der Waals surface area contributed by atoms with Gasteiger partial charge in [0.15, 0.2) is 0 Å². The first-order valence-electron chi connectivity index (χ1n) is 5.35. The molecule has 0 aromatic heterocycles. The van der Waals surface area contributed by atoms with E-state index >= 15 is 0 Å². The van der Waals surface area contributed by atoms with E-state index in [1.165, 1.54) is 13.0 Å². The fraction of sp³-hybridized carbons (Fsp3) is 0.364. The van der Waals surface area contributed by atoms with Crippen molar-refractivity contribution in [1.82, 2.24) is 4.72 Å². The van der Waals surface area contributed by atoms with Gasteiger partial charge in [-0.25, -0.2) is 17.9 Å². The van der Waals surface area contributed by atoms with Crippen LogP contribution in [0, 0.1) is 6.92 Å². The molecule has 0 aliphatic heterocycles. The summed E-state index contributed by atoms with van der Waals surface area (Å²) in [5, 5.41) is 17.8. The van der Waals surface area contributed by atoms with Crippen LogP contribution in [0.25, 0.3) is 0 Å². The van der Waals surface area contributed by atoms with Crippen LogP contribution in [0.1, 0.15) is 22.8 Å². The molecule has 0 spiro atoms. The third-order valence-electron chi connectivity index (χ3n) is 2.46. The lowest BCUT2D eigenvalue weighted by Gasteiger charge is -2.14. The molecule has 1 aromatic rings. The van der Waals surface area contributed by atoms with Gasteiger partial charge in [-0.2, -0.15) is 0 Å². The summed E-state index contributed by atoms with van der Waals surface area (Å²) in [6.07, 6.45) is 0. The number of carboxylic acids is 1. The van der Waals surface area contributed by atoms with E-state index in [2.05, 4.69) is 20.7 Å². The van der Waals surface area contributed by atoms with Crippen LogP contribution >= 0.6 is 15.9 Å². The number of sulfonamides is 1. The van der Waals surface area contributed by atoms with Gasteiger partial charge in [0.1, 0.15) is 0 Å². The average Bonchev–Trinajstić information content (AvgIpc) is 2.31. The molecule has 106 valence electrons. The second-order valence-corrected chi connectivity index (χ2v) is 6.63. The highest BCUT2D eigenvalue weighted by Crippen LogP contribution is 2.26. The summed E-state index contributed by atoms with van der Waals surface area (Å²) in [5.41, 5.74) is 0.275. The van der Waals surface area contributed by atoms with E-state index in [1.807, 2.05) is 0 Å². The maximum Gasteiger partial charge on any atom is 0.335 e. The number of nitrogens with one attached hydrogen (secondary N) is 1. The average molecular weight is 352 g/mol. The van der Waals surface area contributed by atoms with Crippen molar-refractivity contribution in [3.8, 4) is 0 Å². The SMILES string of the molecule is Cc1c(Br)cc(C(=O)O)cc1S(=O)(=O)NC(C)CO. The number of carbonyl (C=O) groups is 1. The van der Waals surface area contributed by atoms with Gasteiger partial charge in [-0.3, -0.25) is 0 Å². The van der Waals surface area contributed by atoms with Crippen LogP contribution < -0.4 is 4.72 Å². The molecule has 1 atom stereocenters. The molecule has 8 heteroatoms. The molecule has 6 nitrogen and oxygen atoms in total. The van der Waals surface area contributed by atoms with E-state index in [1.54, 1.807) is 6.92 Å². The highest BCUT2D eigenvalue weighted by atomic mass is 79.9. The molecule has 0 bridgehead atoms. The summed E-state index contributed by atoms with van der Waals surface area (Å²) in [4.78, 5) is 10.8. The van der Waals surface area contributed by atoms with Gasteiger partial charge in [-0.05, 0) is 31.5 Å². The van der Waals surface area contributed by atoms with Crippen molar-refractivity contribution in [2.45, 2.75) is 24.8 Å². The van der Waals surface area contributed by atoms with E-state index in [4.69, 9.17) is 10.2 Å². The smallest absolute Gasteiger partial charge is 0.335 e. The molecule has 1 unspecified atom stereocenters. The van der Waals surface area contributed by atoms with Gasteiger partial charge >= 0.3 is 5.97 Å². The van der Waals surface area contributed by atoms with E-state index in [-0.39, 0.29) is 17.1 Å². The molecule has 0 aliphatic rings. The molecule has 19 heavy (non-hydrogen) atoms. The largest absolute Gasteiger partial charge is 0.478 e. The second-order valence-electron chi connectivity index (χ2n) is 4.09. The lowest BCUT2D eigenvalue weighted by atomic mass is 10.1. The first-order chi connectivity index (χ1) is 8.69. The Labute approximate surface area is 119 Å². The fourth-order valence-corrected chi connectivity index (χ4v) is 3.54. The van der Waals surface area contributed by atoms with Crippen molar-refractivity contribution < 1.29 is 23.4 Å². The van der Waals surface area contributed by atoms with Crippen molar-refractivity contribution in [3.63, 3.8) is 0 Å². The van der Waals surface area contributed by atoms with Gasteiger partial charge < -0.3 is 10.2 Å². The number of halogens is 1. The summed E-state index contributed by atoms with van der Waals surface area (Å²) >= 11 is 3.14. The van der Waals surface area contributed by atoms with Crippen molar-refractivity contribution in [3.05, 3.63) is 27.7 Å².